The number of nitriles is 1. The first-order valence-electron chi connectivity index (χ1n) is 8.94. The van der Waals surface area contributed by atoms with Crippen LogP contribution in [0.4, 0.5) is 5.13 Å². The molecule has 1 aromatic heterocycles. The molecule has 3 atom stereocenters. The van der Waals surface area contributed by atoms with Crippen LogP contribution in [0.5, 0.6) is 0 Å². The maximum atomic E-state index is 9.93. The fourth-order valence-electron chi connectivity index (χ4n) is 3.27. The van der Waals surface area contributed by atoms with E-state index in [1.54, 1.807) is 11.3 Å². The van der Waals surface area contributed by atoms with Crippen molar-refractivity contribution in [3.63, 3.8) is 0 Å². The first kappa shape index (κ1) is 18.5. The van der Waals surface area contributed by atoms with Gasteiger partial charge < -0.3 is 10.0 Å². The molecule has 1 aromatic carbocycles. The van der Waals surface area contributed by atoms with E-state index < -0.39 is 0 Å². The highest BCUT2D eigenvalue weighted by Crippen LogP contribution is 2.44. The van der Waals surface area contributed by atoms with Gasteiger partial charge in [-0.25, -0.2) is 4.98 Å². The first-order valence-corrected chi connectivity index (χ1v) is 9.75. The number of thiazole rings is 1. The summed E-state index contributed by atoms with van der Waals surface area (Å²) in [5.74, 6) is 6.63. The highest BCUT2D eigenvalue weighted by Gasteiger charge is 2.50. The molecule has 4 nitrogen and oxygen atoms in total. The van der Waals surface area contributed by atoms with Crippen LogP contribution in [0.2, 0.25) is 0 Å². The van der Waals surface area contributed by atoms with Crippen molar-refractivity contribution in [2.75, 3.05) is 11.5 Å². The van der Waals surface area contributed by atoms with E-state index in [0.29, 0.717) is 5.92 Å². The average Bonchev–Trinajstić information content (AvgIpc) is 3.09. The molecule has 0 amide bonds. The lowest BCUT2D eigenvalue weighted by molar-refractivity contribution is 0.187. The number of aromatic nitrogens is 1. The Balaban J connectivity index is 1.84. The molecule has 0 spiro atoms. The minimum Gasteiger partial charge on any atom is -0.394 e. The van der Waals surface area contributed by atoms with Gasteiger partial charge in [0.25, 0.3) is 0 Å². The predicted octanol–water partition coefficient (Wildman–Crippen LogP) is 3.57. The number of aliphatic hydroxyl groups excluding tert-OH is 1. The van der Waals surface area contributed by atoms with Gasteiger partial charge >= 0.3 is 0 Å². The van der Waals surface area contributed by atoms with Gasteiger partial charge in [0.2, 0.25) is 0 Å². The Kier molecular flexibility index (Phi) is 5.61. The van der Waals surface area contributed by atoms with Gasteiger partial charge in [0, 0.05) is 28.5 Å². The molecule has 3 rings (SSSR count). The average molecular weight is 366 g/mol. The maximum Gasteiger partial charge on any atom is 0.186 e. The van der Waals surface area contributed by atoms with E-state index in [1.165, 1.54) is 4.88 Å². The monoisotopic (exact) mass is 365 g/mol. The molecule has 1 aliphatic rings. The molecular weight excluding hydrogens is 342 g/mol. The standard InChI is InChI=1S/C21H23N3OS/c1-4-17-12-23-21(26-17)24-18(11-22)20(19(24)13-25)16-9-7-15(8-10-16)6-5-14(2)3/h7-10,12,14,18-20,25H,4,13H2,1-3H3/t18-,19-,20+/m1/s1. The van der Waals surface area contributed by atoms with Crippen LogP contribution < -0.4 is 4.90 Å². The lowest BCUT2D eigenvalue weighted by atomic mass is 9.76. The Bertz CT molecular complexity index is 854. The van der Waals surface area contributed by atoms with E-state index in [1.807, 2.05) is 35.4 Å². The molecule has 2 aromatic rings. The molecule has 0 saturated carbocycles. The van der Waals surface area contributed by atoms with Crippen molar-refractivity contribution in [1.29, 1.82) is 5.26 Å². The van der Waals surface area contributed by atoms with Crippen molar-refractivity contribution < 1.29 is 5.11 Å². The number of rotatable bonds is 4. The summed E-state index contributed by atoms with van der Waals surface area (Å²) in [6, 6.07) is 10.0. The summed E-state index contributed by atoms with van der Waals surface area (Å²) in [4.78, 5) is 7.60. The quantitative estimate of drug-likeness (QED) is 0.842. The smallest absolute Gasteiger partial charge is 0.186 e. The molecule has 1 saturated heterocycles. The molecule has 1 aliphatic heterocycles. The maximum absolute atomic E-state index is 9.93. The third-order valence-electron chi connectivity index (χ3n) is 4.64. The zero-order valence-electron chi connectivity index (χ0n) is 15.3. The van der Waals surface area contributed by atoms with E-state index in [0.717, 1.165) is 22.7 Å². The highest BCUT2D eigenvalue weighted by molar-refractivity contribution is 7.15. The number of hydrogen-bond donors (Lipinski definition) is 1. The molecule has 0 aliphatic carbocycles. The van der Waals surface area contributed by atoms with Crippen LogP contribution >= 0.6 is 11.3 Å². The molecule has 2 heterocycles. The Morgan fingerprint density at radius 3 is 2.58 bits per heavy atom. The van der Waals surface area contributed by atoms with Crippen LogP contribution in [0.3, 0.4) is 0 Å². The second-order valence-electron chi connectivity index (χ2n) is 6.77. The fourth-order valence-corrected chi connectivity index (χ4v) is 4.21. The zero-order valence-corrected chi connectivity index (χ0v) is 16.1. The zero-order chi connectivity index (χ0) is 18.7. The van der Waals surface area contributed by atoms with E-state index >= 15 is 0 Å². The van der Waals surface area contributed by atoms with Gasteiger partial charge in [-0.1, -0.05) is 44.7 Å². The summed E-state index contributed by atoms with van der Waals surface area (Å²) < 4.78 is 0. The molecule has 26 heavy (non-hydrogen) atoms. The minimum absolute atomic E-state index is 0.00120. The van der Waals surface area contributed by atoms with Crippen LogP contribution in [-0.2, 0) is 6.42 Å². The Morgan fingerprint density at radius 1 is 1.31 bits per heavy atom. The number of aliphatic hydroxyl groups is 1. The first-order chi connectivity index (χ1) is 12.6. The van der Waals surface area contributed by atoms with Gasteiger partial charge in [-0.2, -0.15) is 5.26 Å². The molecule has 1 N–H and O–H groups in total. The van der Waals surface area contributed by atoms with Crippen molar-refractivity contribution in [2.24, 2.45) is 5.92 Å². The van der Waals surface area contributed by atoms with E-state index in [-0.39, 0.29) is 24.6 Å². The number of anilines is 1. The Hall–Kier alpha value is -2.34. The van der Waals surface area contributed by atoms with Crippen molar-refractivity contribution in [2.45, 2.75) is 45.2 Å². The topological polar surface area (TPSA) is 60.2 Å². The van der Waals surface area contributed by atoms with Gasteiger partial charge in [-0.15, -0.1) is 11.3 Å². The van der Waals surface area contributed by atoms with E-state index in [4.69, 9.17) is 0 Å². The minimum atomic E-state index is -0.310. The van der Waals surface area contributed by atoms with Gasteiger partial charge in [-0.3, -0.25) is 0 Å². The molecule has 1 fully saturated rings. The van der Waals surface area contributed by atoms with Crippen LogP contribution in [-0.4, -0.2) is 28.8 Å². The largest absolute Gasteiger partial charge is 0.394 e. The second-order valence-corrected chi connectivity index (χ2v) is 7.86. The number of benzene rings is 1. The summed E-state index contributed by atoms with van der Waals surface area (Å²) in [5, 5.41) is 20.5. The second kappa shape index (κ2) is 7.91. The van der Waals surface area contributed by atoms with Crippen LogP contribution in [0.15, 0.2) is 30.5 Å². The van der Waals surface area contributed by atoms with Gasteiger partial charge in [-0.05, 0) is 24.1 Å². The van der Waals surface area contributed by atoms with Gasteiger partial charge in [0.1, 0.15) is 6.04 Å². The summed E-state index contributed by atoms with van der Waals surface area (Å²) in [6.45, 7) is 6.22. The van der Waals surface area contributed by atoms with Crippen LogP contribution in [0.1, 0.15) is 42.7 Å². The van der Waals surface area contributed by atoms with Crippen molar-refractivity contribution >= 4 is 16.5 Å². The lowest BCUT2D eigenvalue weighted by Gasteiger charge is -2.51. The fraction of sp³-hybridized carbons (Fsp3) is 0.429. The van der Waals surface area contributed by atoms with Gasteiger partial charge in [0.15, 0.2) is 5.13 Å². The van der Waals surface area contributed by atoms with E-state index in [2.05, 4.69) is 43.7 Å². The Morgan fingerprint density at radius 2 is 2.04 bits per heavy atom. The summed E-state index contributed by atoms with van der Waals surface area (Å²) >= 11 is 1.60. The third-order valence-corrected chi connectivity index (χ3v) is 5.80. The third kappa shape index (κ3) is 3.46. The van der Waals surface area contributed by atoms with Crippen molar-refractivity contribution in [3.8, 4) is 17.9 Å². The molecule has 0 radical (unpaired) electrons. The number of hydrogen-bond acceptors (Lipinski definition) is 5. The number of nitrogens with zero attached hydrogens (tertiary/aromatic N) is 3. The molecular formula is C21H23N3OS. The predicted molar refractivity (Wildman–Crippen MR) is 105 cm³/mol. The molecule has 0 unspecified atom stereocenters. The summed E-state index contributed by atoms with van der Waals surface area (Å²) in [5.41, 5.74) is 2.04. The molecule has 0 bridgehead atoms. The highest BCUT2D eigenvalue weighted by atomic mass is 32.1. The van der Waals surface area contributed by atoms with Crippen molar-refractivity contribution in [1.82, 2.24) is 4.98 Å². The van der Waals surface area contributed by atoms with Crippen LogP contribution in [0.25, 0.3) is 0 Å². The molecule has 5 heteroatoms. The summed E-state index contributed by atoms with van der Waals surface area (Å²) in [7, 11) is 0. The summed E-state index contributed by atoms with van der Waals surface area (Å²) in [6.07, 6.45) is 2.78. The van der Waals surface area contributed by atoms with E-state index in [9.17, 15) is 10.4 Å². The van der Waals surface area contributed by atoms with Crippen LogP contribution in [0, 0.1) is 29.1 Å². The number of aryl methyl sites for hydroxylation is 1. The molecule has 134 valence electrons. The van der Waals surface area contributed by atoms with Crippen molar-refractivity contribution in [3.05, 3.63) is 46.5 Å². The Labute approximate surface area is 159 Å². The SMILES string of the molecule is CCc1cnc(N2[C@H](C#N)[C@H](c3ccc(C#CC(C)C)cc3)[C@H]2CO)s1. The lowest BCUT2D eigenvalue weighted by Crippen LogP contribution is -2.63. The van der Waals surface area contributed by atoms with Gasteiger partial charge in [0.05, 0.1) is 18.7 Å². The normalized spacial score (nSPS) is 21.7.